The van der Waals surface area contributed by atoms with Crippen molar-refractivity contribution in [2.24, 2.45) is 0 Å². The number of fused-ring (bicyclic) bond motifs is 9. The van der Waals surface area contributed by atoms with Gasteiger partial charge in [-0.15, -0.1) is 0 Å². The summed E-state index contributed by atoms with van der Waals surface area (Å²) in [5.41, 5.74) is 19.9. The van der Waals surface area contributed by atoms with Gasteiger partial charge in [0.25, 0.3) is 0 Å². The van der Waals surface area contributed by atoms with Gasteiger partial charge in [0.1, 0.15) is 33.4 Å². The van der Waals surface area contributed by atoms with Gasteiger partial charge in [0.15, 0.2) is 5.58 Å². The Morgan fingerprint density at radius 2 is 0.540 bits per heavy atom. The second kappa shape index (κ2) is 14.1. The molecule has 4 nitrogen and oxygen atoms in total. The van der Waals surface area contributed by atoms with E-state index in [0.29, 0.717) is 0 Å². The lowest BCUT2D eigenvalue weighted by molar-refractivity contribution is 0.668. The summed E-state index contributed by atoms with van der Waals surface area (Å²) in [4.78, 5) is 4.59. The number of para-hydroxylation sites is 1. The molecule has 63 heavy (non-hydrogen) atoms. The second-order valence-corrected chi connectivity index (χ2v) is 16.3. The Hall–Kier alpha value is -8.47. The summed E-state index contributed by atoms with van der Waals surface area (Å²) in [5, 5.41) is 5.46. The van der Waals surface area contributed by atoms with Gasteiger partial charge in [0.2, 0.25) is 0 Å². The average molecular weight is 806 g/mol. The van der Waals surface area contributed by atoms with E-state index in [9.17, 15) is 0 Å². The van der Waals surface area contributed by atoms with Crippen molar-refractivity contribution in [1.82, 2.24) is 4.98 Å². The van der Waals surface area contributed by atoms with E-state index in [2.05, 4.69) is 181 Å². The number of aromatic nitrogens is 1. The molecule has 9 aromatic carbocycles. The zero-order valence-electron chi connectivity index (χ0n) is 33.9. The fraction of sp³-hybridized carbons (Fsp3) is 0. The van der Waals surface area contributed by atoms with Crippen LogP contribution in [0.3, 0.4) is 0 Å². The van der Waals surface area contributed by atoms with Crippen molar-refractivity contribution in [3.63, 3.8) is 0 Å². The van der Waals surface area contributed by atoms with Crippen LogP contribution < -0.4 is 0 Å². The van der Waals surface area contributed by atoms with Crippen molar-refractivity contribution >= 4 is 65.9 Å². The first kappa shape index (κ1) is 35.3. The number of hydrogen-bond acceptors (Lipinski definition) is 4. The van der Waals surface area contributed by atoms with Crippen LogP contribution in [-0.2, 0) is 0 Å². The fourth-order valence-electron chi connectivity index (χ4n) is 9.33. The SMILES string of the molecule is c1cc(-c2cccc(-c3cccc(-c4ccc5oc6ccc(-c7ccc8oc9cccnc9c8c7)cc6c5c4)c3)c2)cc(-c2cccc(-c3ccc4oc5ccccc5c4c3)c2)c1. The maximum absolute atomic E-state index is 6.36. The molecule has 0 N–H and O–H groups in total. The number of benzene rings is 9. The molecule has 4 aromatic heterocycles. The van der Waals surface area contributed by atoms with Gasteiger partial charge in [-0.2, -0.15) is 0 Å². The highest BCUT2D eigenvalue weighted by atomic mass is 16.3. The van der Waals surface area contributed by atoms with Gasteiger partial charge in [0.05, 0.1) is 0 Å². The molecule has 0 aliphatic heterocycles. The molecule has 0 aliphatic rings. The summed E-state index contributed by atoms with van der Waals surface area (Å²) in [7, 11) is 0. The molecule has 0 amide bonds. The first-order valence-corrected chi connectivity index (χ1v) is 21.2. The minimum atomic E-state index is 0.795. The summed E-state index contributed by atoms with van der Waals surface area (Å²) in [5.74, 6) is 0. The van der Waals surface area contributed by atoms with Gasteiger partial charge in [-0.25, -0.2) is 0 Å². The summed E-state index contributed by atoms with van der Waals surface area (Å²) < 4.78 is 18.5. The first-order chi connectivity index (χ1) is 31.1. The molecule has 0 spiro atoms. The molecule has 0 atom stereocenters. The number of hydrogen-bond donors (Lipinski definition) is 0. The topological polar surface area (TPSA) is 52.3 Å². The Kier molecular flexibility index (Phi) is 7.87. The largest absolute Gasteiger partial charge is 0.456 e. The van der Waals surface area contributed by atoms with E-state index >= 15 is 0 Å². The molecule has 4 heteroatoms. The lowest BCUT2D eigenvalue weighted by atomic mass is 9.93. The number of furan rings is 3. The number of pyridine rings is 1. The standard InChI is InChI=1S/C59H35NO3/c1-2-17-53-48(16-1)49-32-44(19-23-54(49)61-53)42-14-5-12-40(30-42)38-10-3-8-36(28-38)37-9-4-11-39(29-37)41-13-6-15-43(31-41)45-20-24-55-50(33-45)51-34-46(21-25-56(51)62-55)47-22-26-57-52(35-47)59-58(63-57)18-7-27-60-59/h1-35H. The third-order valence-corrected chi connectivity index (χ3v) is 12.5. The summed E-state index contributed by atoms with van der Waals surface area (Å²) in [6.45, 7) is 0. The van der Waals surface area contributed by atoms with Crippen LogP contribution in [0.2, 0.25) is 0 Å². The van der Waals surface area contributed by atoms with Crippen LogP contribution in [0.4, 0.5) is 0 Å². The van der Waals surface area contributed by atoms with Crippen molar-refractivity contribution in [1.29, 1.82) is 0 Å². The molecule has 0 bridgehead atoms. The van der Waals surface area contributed by atoms with E-state index in [0.717, 1.165) is 93.8 Å². The van der Waals surface area contributed by atoms with Crippen molar-refractivity contribution in [3.8, 4) is 66.8 Å². The third-order valence-electron chi connectivity index (χ3n) is 12.5. The molecule has 0 radical (unpaired) electrons. The van der Waals surface area contributed by atoms with Gasteiger partial charge in [0, 0.05) is 33.1 Å². The Balaban J connectivity index is 0.805. The summed E-state index contributed by atoms with van der Waals surface area (Å²) >= 11 is 0. The van der Waals surface area contributed by atoms with Gasteiger partial charge in [-0.05, 0) is 158 Å². The minimum Gasteiger partial charge on any atom is -0.456 e. The van der Waals surface area contributed by atoms with Crippen LogP contribution in [0.5, 0.6) is 0 Å². The molecule has 0 saturated heterocycles. The maximum Gasteiger partial charge on any atom is 0.153 e. The molecule has 13 aromatic rings. The van der Waals surface area contributed by atoms with Gasteiger partial charge >= 0.3 is 0 Å². The fourth-order valence-corrected chi connectivity index (χ4v) is 9.33. The van der Waals surface area contributed by atoms with Gasteiger partial charge in [-0.1, -0.05) is 115 Å². The molecule has 4 heterocycles. The van der Waals surface area contributed by atoms with Crippen LogP contribution in [0.25, 0.3) is 133 Å². The highest BCUT2D eigenvalue weighted by Gasteiger charge is 2.15. The van der Waals surface area contributed by atoms with Crippen molar-refractivity contribution < 1.29 is 13.3 Å². The Morgan fingerprint density at radius 1 is 0.222 bits per heavy atom. The predicted octanol–water partition coefficient (Wildman–Crippen LogP) is 16.8. The Morgan fingerprint density at radius 3 is 0.984 bits per heavy atom. The molecular weight excluding hydrogens is 771 g/mol. The van der Waals surface area contributed by atoms with E-state index < -0.39 is 0 Å². The summed E-state index contributed by atoms with van der Waals surface area (Å²) in [6, 6.07) is 73.2. The minimum absolute atomic E-state index is 0.795. The van der Waals surface area contributed by atoms with E-state index in [4.69, 9.17) is 13.3 Å². The normalized spacial score (nSPS) is 11.8. The highest BCUT2D eigenvalue weighted by molar-refractivity contribution is 6.09. The van der Waals surface area contributed by atoms with E-state index in [1.807, 2.05) is 36.5 Å². The summed E-state index contributed by atoms with van der Waals surface area (Å²) in [6.07, 6.45) is 1.81. The maximum atomic E-state index is 6.36. The van der Waals surface area contributed by atoms with Gasteiger partial charge < -0.3 is 13.3 Å². The first-order valence-electron chi connectivity index (χ1n) is 21.2. The van der Waals surface area contributed by atoms with Crippen LogP contribution in [0.1, 0.15) is 0 Å². The van der Waals surface area contributed by atoms with E-state index in [1.165, 1.54) is 38.9 Å². The number of rotatable bonds is 6. The van der Waals surface area contributed by atoms with Crippen LogP contribution >= 0.6 is 0 Å². The van der Waals surface area contributed by atoms with Crippen LogP contribution in [0, 0.1) is 0 Å². The predicted molar refractivity (Wildman–Crippen MR) is 259 cm³/mol. The van der Waals surface area contributed by atoms with Crippen molar-refractivity contribution in [3.05, 3.63) is 212 Å². The zero-order chi connectivity index (χ0) is 41.4. The molecule has 13 rings (SSSR count). The second-order valence-electron chi connectivity index (χ2n) is 16.3. The van der Waals surface area contributed by atoms with Crippen molar-refractivity contribution in [2.75, 3.05) is 0 Å². The zero-order valence-corrected chi connectivity index (χ0v) is 33.9. The van der Waals surface area contributed by atoms with E-state index in [-0.39, 0.29) is 0 Å². The molecule has 0 fully saturated rings. The third kappa shape index (κ3) is 6.03. The lowest BCUT2D eigenvalue weighted by Gasteiger charge is -2.11. The quantitative estimate of drug-likeness (QED) is 0.168. The monoisotopic (exact) mass is 805 g/mol. The highest BCUT2D eigenvalue weighted by Crippen LogP contribution is 2.39. The van der Waals surface area contributed by atoms with E-state index in [1.54, 1.807) is 0 Å². The molecule has 0 unspecified atom stereocenters. The van der Waals surface area contributed by atoms with Crippen LogP contribution in [0.15, 0.2) is 226 Å². The average Bonchev–Trinajstić information content (AvgIpc) is 4.04. The number of nitrogens with zero attached hydrogens (tertiary/aromatic N) is 1. The molecule has 0 saturated carbocycles. The lowest BCUT2D eigenvalue weighted by Crippen LogP contribution is -1.85. The van der Waals surface area contributed by atoms with Gasteiger partial charge in [-0.3, -0.25) is 4.98 Å². The molecule has 294 valence electrons. The van der Waals surface area contributed by atoms with Crippen LogP contribution in [-0.4, -0.2) is 4.98 Å². The Labute approximate surface area is 361 Å². The molecule has 0 aliphatic carbocycles. The van der Waals surface area contributed by atoms with Crippen molar-refractivity contribution in [2.45, 2.75) is 0 Å². The Bertz CT molecular complexity index is 3940. The smallest absolute Gasteiger partial charge is 0.153 e. The molecular formula is C59H35NO3.